The Hall–Kier alpha value is -4.76. The molecule has 0 bridgehead atoms. The smallest absolute Gasteiger partial charge is 0.461 e. The monoisotopic (exact) mass is 850 g/mol. The van der Waals surface area contributed by atoms with Crippen molar-refractivity contribution in [2.24, 2.45) is 0 Å². The van der Waals surface area contributed by atoms with Gasteiger partial charge in [-0.1, -0.05) is 73.2 Å². The van der Waals surface area contributed by atoms with Crippen LogP contribution in [0, 0.1) is 16.7 Å². The molecule has 2 aromatic heterocycles. The van der Waals surface area contributed by atoms with Gasteiger partial charge in [-0.05, 0) is 61.8 Å². The number of nitrogens with zero attached hydrogens (tertiary/aromatic N) is 4. The molecule has 1 saturated heterocycles. The summed E-state index contributed by atoms with van der Waals surface area (Å²) in [4.78, 5) is 23.4. The van der Waals surface area contributed by atoms with Gasteiger partial charge < -0.3 is 29.1 Å². The van der Waals surface area contributed by atoms with Gasteiger partial charge in [0.2, 0.25) is 5.60 Å². The normalized spacial score (nSPS) is 23.6. The fraction of sp³-hybridized carbons (Fsp3) is 0.385. The number of nitriles is 1. The molecule has 1 saturated carbocycles. The number of benzene rings is 3. The molecule has 0 spiro atoms. The van der Waals surface area contributed by atoms with E-state index in [0.717, 1.165) is 52.9 Å². The van der Waals surface area contributed by atoms with Crippen LogP contribution in [0.15, 0.2) is 91.3 Å². The van der Waals surface area contributed by atoms with Gasteiger partial charge in [-0.3, -0.25) is 28.3 Å². The predicted molar refractivity (Wildman–Crippen MR) is 209 cm³/mol. The first kappa shape index (κ1) is 42.4. The number of aliphatic hydroxyl groups is 2. The van der Waals surface area contributed by atoms with Gasteiger partial charge in [-0.2, -0.15) is 15.4 Å². The van der Waals surface area contributed by atoms with Crippen LogP contribution in [0.3, 0.4) is 0 Å². The lowest BCUT2D eigenvalue weighted by Gasteiger charge is -2.27. The van der Waals surface area contributed by atoms with Crippen LogP contribution in [-0.4, -0.2) is 72.3 Å². The van der Waals surface area contributed by atoms with Crippen molar-refractivity contribution in [3.8, 4) is 11.8 Å². The second kappa shape index (κ2) is 17.8. The number of ether oxygens (including phenoxy) is 2. The molecule has 5 aromatic rings. The number of nitrogens with one attached hydrogen (secondary N) is 2. The molecule has 2 unspecified atom stereocenters. The Labute approximate surface area is 338 Å². The molecule has 1 aliphatic carbocycles. The number of hydrogen-bond donors (Lipinski definition) is 5. The number of aliphatic hydroxyl groups excluding tert-OH is 2. The Balaban J connectivity index is 1.08. The summed E-state index contributed by atoms with van der Waals surface area (Å²) in [5, 5.41) is 50.2. The highest BCUT2D eigenvalue weighted by atomic mass is 31.2. The number of esters is 1. The summed E-state index contributed by atoms with van der Waals surface area (Å²) in [6.07, 6.45) is 0.0554. The average molecular weight is 851 g/mol. The lowest BCUT2D eigenvalue weighted by molar-refractivity contribution is -0.152. The third-order valence-corrected chi connectivity index (χ3v) is 12.7. The first-order valence-corrected chi connectivity index (χ1v) is 22.0. The number of carbonyl (C=O) groups is 1. The van der Waals surface area contributed by atoms with E-state index in [1.165, 1.54) is 19.1 Å². The molecule has 2 aliphatic rings. The highest BCUT2D eigenvalue weighted by molar-refractivity contribution is 7.52. The van der Waals surface area contributed by atoms with Crippen molar-refractivity contribution < 1.29 is 56.6 Å². The largest absolute Gasteiger partial charge is 0.474 e. The molecule has 3 heterocycles. The predicted octanol–water partition coefficient (Wildman–Crippen LogP) is 4.96. The fourth-order valence-corrected chi connectivity index (χ4v) is 9.23. The van der Waals surface area contributed by atoms with Gasteiger partial charge in [0.15, 0.2) is 5.49 Å². The number of aromatic nitrogens is 3. The molecule has 1 aliphatic heterocycles. The lowest BCUT2D eigenvalue weighted by atomic mass is 9.92. The minimum Gasteiger partial charge on any atom is -0.461 e. The van der Waals surface area contributed by atoms with E-state index in [1.54, 1.807) is 54.6 Å². The van der Waals surface area contributed by atoms with E-state index in [1.807, 2.05) is 24.3 Å². The van der Waals surface area contributed by atoms with Crippen molar-refractivity contribution in [2.45, 2.75) is 88.4 Å². The van der Waals surface area contributed by atoms with E-state index in [-0.39, 0.29) is 35.2 Å². The lowest BCUT2D eigenvalue weighted by Crippen LogP contribution is -2.41. The molecule has 7 atom stereocenters. The van der Waals surface area contributed by atoms with Crippen molar-refractivity contribution in [3.05, 3.63) is 108 Å². The Bertz CT molecular complexity index is 2480. The maximum Gasteiger partial charge on any atom is 0.474 e. The summed E-state index contributed by atoms with van der Waals surface area (Å²) in [5.74, 6) is -0.485. The third kappa shape index (κ3) is 9.35. The van der Waals surface area contributed by atoms with Crippen LogP contribution in [0.25, 0.3) is 16.3 Å². The van der Waals surface area contributed by atoms with E-state index < -0.39 is 64.8 Å². The van der Waals surface area contributed by atoms with E-state index in [4.69, 9.17) is 33.0 Å². The Morgan fingerprint density at radius 3 is 2.51 bits per heavy atom. The molecule has 2 fully saturated rings. The standard InChI is InChI=1S/C39H44N6O12P2/c1-26(38(48)55-29-15-6-3-7-16-29)43-58(49,57-32-18-10-14-28-13-8-9-17-30(28)32)52-22-33-35(46)36(47)39(23-40,56-33)34-20-19-31-37(41)44(24-42-45(31)34)25-54-59(50,51)53-21-27-11-4-2-5-12-27/h2,4-5,8-14,17-20,24,26,29,33,35-36,41,46-47H,3,6-7,15-16,21-22,25H2,1H3,(H,43,49)(H,50,51)/t26-,33+,35+,36+,39-,58?/m0/s1. The number of carbonyl (C=O) groups excluding carboxylic acids is 1. The van der Waals surface area contributed by atoms with Gasteiger partial charge in [-0.25, -0.2) is 13.6 Å². The molecule has 20 heteroatoms. The van der Waals surface area contributed by atoms with Crippen LogP contribution >= 0.6 is 15.6 Å². The van der Waals surface area contributed by atoms with Crippen LogP contribution < -0.4 is 15.1 Å². The van der Waals surface area contributed by atoms with Crippen LogP contribution in [0.4, 0.5) is 0 Å². The number of phosphoric acid groups is 1. The van der Waals surface area contributed by atoms with Crippen molar-refractivity contribution in [1.29, 1.82) is 10.7 Å². The van der Waals surface area contributed by atoms with Crippen LogP contribution in [-0.2, 0) is 55.9 Å². The maximum absolute atomic E-state index is 14.6. The molecule has 3 aromatic carbocycles. The van der Waals surface area contributed by atoms with Gasteiger partial charge in [0.1, 0.15) is 60.9 Å². The Kier molecular flexibility index (Phi) is 12.8. The van der Waals surface area contributed by atoms with Crippen LogP contribution in [0.1, 0.15) is 50.3 Å². The van der Waals surface area contributed by atoms with Crippen molar-refractivity contribution in [1.82, 2.24) is 19.3 Å². The molecule has 7 rings (SSSR count). The van der Waals surface area contributed by atoms with Gasteiger partial charge >= 0.3 is 21.5 Å². The number of phosphoric ester groups is 1. The first-order chi connectivity index (χ1) is 28.3. The second-order valence-corrected chi connectivity index (χ2v) is 17.4. The minimum atomic E-state index is -4.56. The van der Waals surface area contributed by atoms with Crippen molar-refractivity contribution in [3.63, 3.8) is 0 Å². The van der Waals surface area contributed by atoms with Gasteiger partial charge in [0.25, 0.3) is 0 Å². The fourth-order valence-electron chi connectivity index (χ4n) is 7.05. The minimum absolute atomic E-state index is 0.0722. The highest BCUT2D eigenvalue weighted by Gasteiger charge is 2.58. The molecular formula is C39H44N6O12P2. The zero-order valence-corrected chi connectivity index (χ0v) is 33.7. The van der Waals surface area contributed by atoms with Gasteiger partial charge in [0, 0.05) is 5.39 Å². The average Bonchev–Trinajstić information content (AvgIpc) is 3.79. The summed E-state index contributed by atoms with van der Waals surface area (Å²) in [6, 6.07) is 24.6. The molecular weight excluding hydrogens is 806 g/mol. The summed E-state index contributed by atoms with van der Waals surface area (Å²) in [6.45, 7) is -0.0189. The Morgan fingerprint density at radius 1 is 1.02 bits per heavy atom. The summed E-state index contributed by atoms with van der Waals surface area (Å²) < 4.78 is 63.2. The van der Waals surface area contributed by atoms with E-state index in [0.29, 0.717) is 10.9 Å². The molecule has 0 radical (unpaired) electrons. The maximum atomic E-state index is 14.6. The summed E-state index contributed by atoms with van der Waals surface area (Å²) in [5.41, 5.74) is -1.89. The molecule has 0 amide bonds. The molecule has 5 N–H and O–H groups in total. The molecule has 18 nitrogen and oxygen atoms in total. The van der Waals surface area contributed by atoms with Crippen molar-refractivity contribution >= 4 is 37.8 Å². The van der Waals surface area contributed by atoms with Gasteiger partial charge in [-0.15, -0.1) is 0 Å². The molecule has 312 valence electrons. The second-order valence-electron chi connectivity index (χ2n) is 14.3. The number of rotatable bonds is 16. The van der Waals surface area contributed by atoms with E-state index in [2.05, 4.69) is 10.2 Å². The molecule has 59 heavy (non-hydrogen) atoms. The number of fused-ring (bicyclic) bond motifs is 2. The van der Waals surface area contributed by atoms with E-state index >= 15 is 0 Å². The first-order valence-electron chi connectivity index (χ1n) is 18.9. The summed E-state index contributed by atoms with van der Waals surface area (Å²) in [7, 11) is -9.07. The quantitative estimate of drug-likeness (QED) is 0.0650. The SMILES string of the molecule is C[C@H](NP(=O)(OC[C@H]1O[C@@](C#N)(c2ccc3c(=N)n(COP(=O)(O)OCc4ccccc4)cnn23)[C@H](O)[C@@H]1O)Oc1cccc2ccccc12)C(=O)OC1CCCCC1. The van der Waals surface area contributed by atoms with Gasteiger partial charge in [0.05, 0.1) is 18.9 Å². The Morgan fingerprint density at radius 2 is 1.75 bits per heavy atom. The zero-order chi connectivity index (χ0) is 41.8. The third-order valence-electron chi connectivity index (χ3n) is 10.2. The number of hydrogen-bond acceptors (Lipinski definition) is 14. The van der Waals surface area contributed by atoms with Crippen LogP contribution in [0.5, 0.6) is 5.75 Å². The van der Waals surface area contributed by atoms with Crippen LogP contribution in [0.2, 0.25) is 0 Å². The zero-order valence-electron chi connectivity index (χ0n) is 31.9. The summed E-state index contributed by atoms with van der Waals surface area (Å²) >= 11 is 0. The highest BCUT2D eigenvalue weighted by Crippen LogP contribution is 2.49. The van der Waals surface area contributed by atoms with E-state index in [9.17, 15) is 34.3 Å². The topological polar surface area (TPSA) is 249 Å². The van der Waals surface area contributed by atoms with Crippen molar-refractivity contribution in [2.75, 3.05) is 6.61 Å².